The van der Waals surface area contributed by atoms with E-state index < -0.39 is 0 Å². The van der Waals surface area contributed by atoms with Gasteiger partial charge in [0, 0.05) is 22.9 Å². The van der Waals surface area contributed by atoms with Crippen LogP contribution in [-0.4, -0.2) is 14.8 Å². The molecule has 1 aromatic carbocycles. The Labute approximate surface area is 114 Å². The molecule has 96 valence electrons. The summed E-state index contributed by atoms with van der Waals surface area (Å²) >= 11 is 3.25. The average molecular weight is 312 g/mol. The Bertz CT molecular complexity index is 551. The fourth-order valence-electron chi connectivity index (χ4n) is 1.78. The maximum atomic E-state index is 13.8. The normalized spacial score (nSPS) is 10.9. The number of halogens is 2. The summed E-state index contributed by atoms with van der Waals surface area (Å²) in [4.78, 5) is 4.41. The predicted octanol–water partition coefficient (Wildman–Crippen LogP) is 3.35. The lowest BCUT2D eigenvalue weighted by molar-refractivity contribution is 0.572. The van der Waals surface area contributed by atoms with E-state index in [0.717, 1.165) is 29.0 Å². The van der Waals surface area contributed by atoms with Crippen LogP contribution >= 0.6 is 15.9 Å². The van der Waals surface area contributed by atoms with Gasteiger partial charge in [-0.1, -0.05) is 35.8 Å². The van der Waals surface area contributed by atoms with E-state index in [4.69, 9.17) is 0 Å². The summed E-state index contributed by atoms with van der Waals surface area (Å²) in [5.41, 5.74) is 0.625. The standard InChI is InChI=1S/C13H15BrFN3/c1-3-12-16-13(4-2)18(17-12)8-9-5-6-10(14)7-11(9)15/h5-7H,3-4,8H2,1-2H3. The first-order valence-corrected chi connectivity index (χ1v) is 6.79. The molecule has 2 rings (SSSR count). The third kappa shape index (κ3) is 2.77. The highest BCUT2D eigenvalue weighted by Gasteiger charge is 2.10. The smallest absolute Gasteiger partial charge is 0.150 e. The van der Waals surface area contributed by atoms with Crippen molar-refractivity contribution in [2.24, 2.45) is 0 Å². The lowest BCUT2D eigenvalue weighted by Gasteiger charge is -2.06. The topological polar surface area (TPSA) is 30.7 Å². The molecule has 18 heavy (non-hydrogen) atoms. The van der Waals surface area contributed by atoms with Crippen LogP contribution < -0.4 is 0 Å². The Balaban J connectivity index is 2.30. The molecule has 0 fully saturated rings. The van der Waals surface area contributed by atoms with Gasteiger partial charge in [0.2, 0.25) is 0 Å². The van der Waals surface area contributed by atoms with Gasteiger partial charge in [0.1, 0.15) is 11.6 Å². The summed E-state index contributed by atoms with van der Waals surface area (Å²) in [5.74, 6) is 1.48. The van der Waals surface area contributed by atoms with Crippen molar-refractivity contribution in [3.63, 3.8) is 0 Å². The molecule has 0 aliphatic rings. The Morgan fingerprint density at radius 2 is 2.06 bits per heavy atom. The highest BCUT2D eigenvalue weighted by molar-refractivity contribution is 9.10. The number of rotatable bonds is 4. The predicted molar refractivity (Wildman–Crippen MR) is 72.0 cm³/mol. The lowest BCUT2D eigenvalue weighted by Crippen LogP contribution is -2.07. The van der Waals surface area contributed by atoms with E-state index in [1.54, 1.807) is 10.7 Å². The maximum Gasteiger partial charge on any atom is 0.150 e. The minimum atomic E-state index is -0.222. The second-order valence-corrected chi connectivity index (χ2v) is 4.96. The van der Waals surface area contributed by atoms with Crippen LogP contribution in [0.4, 0.5) is 4.39 Å². The van der Waals surface area contributed by atoms with Crippen molar-refractivity contribution >= 4 is 15.9 Å². The summed E-state index contributed by atoms with van der Waals surface area (Å²) in [6, 6.07) is 5.08. The monoisotopic (exact) mass is 311 g/mol. The fraction of sp³-hybridized carbons (Fsp3) is 0.385. The number of benzene rings is 1. The van der Waals surface area contributed by atoms with Gasteiger partial charge in [-0.05, 0) is 12.1 Å². The minimum Gasteiger partial charge on any atom is -0.245 e. The number of hydrogen-bond donors (Lipinski definition) is 0. The molecule has 0 N–H and O–H groups in total. The van der Waals surface area contributed by atoms with E-state index in [-0.39, 0.29) is 5.82 Å². The molecule has 2 aromatic rings. The molecule has 0 saturated carbocycles. The van der Waals surface area contributed by atoms with E-state index in [1.165, 1.54) is 6.07 Å². The van der Waals surface area contributed by atoms with Gasteiger partial charge in [-0.25, -0.2) is 14.1 Å². The first-order chi connectivity index (χ1) is 8.63. The minimum absolute atomic E-state index is 0.222. The zero-order chi connectivity index (χ0) is 13.1. The van der Waals surface area contributed by atoms with E-state index >= 15 is 0 Å². The molecule has 0 unspecified atom stereocenters. The lowest BCUT2D eigenvalue weighted by atomic mass is 10.2. The van der Waals surface area contributed by atoms with Crippen molar-refractivity contribution in [3.05, 3.63) is 45.7 Å². The van der Waals surface area contributed by atoms with Crippen molar-refractivity contribution in [2.45, 2.75) is 33.2 Å². The summed E-state index contributed by atoms with van der Waals surface area (Å²) in [5, 5.41) is 4.39. The highest BCUT2D eigenvalue weighted by Crippen LogP contribution is 2.16. The van der Waals surface area contributed by atoms with Gasteiger partial charge < -0.3 is 0 Å². The van der Waals surface area contributed by atoms with Crippen LogP contribution in [-0.2, 0) is 19.4 Å². The third-order valence-corrected chi connectivity index (χ3v) is 3.25. The Kier molecular flexibility index (Phi) is 4.11. The van der Waals surface area contributed by atoms with E-state index in [0.29, 0.717) is 12.1 Å². The summed E-state index contributed by atoms with van der Waals surface area (Å²) in [6.07, 6.45) is 1.59. The maximum absolute atomic E-state index is 13.8. The highest BCUT2D eigenvalue weighted by atomic mass is 79.9. The van der Waals surface area contributed by atoms with Crippen LogP contribution in [0.5, 0.6) is 0 Å². The number of nitrogens with zero attached hydrogens (tertiary/aromatic N) is 3. The first kappa shape index (κ1) is 13.2. The van der Waals surface area contributed by atoms with E-state index in [2.05, 4.69) is 26.0 Å². The summed E-state index contributed by atoms with van der Waals surface area (Å²) in [6.45, 7) is 4.46. The molecule has 0 aliphatic heterocycles. The quantitative estimate of drug-likeness (QED) is 0.867. The van der Waals surface area contributed by atoms with Crippen LogP contribution in [0.2, 0.25) is 0 Å². The molecule has 0 spiro atoms. The number of aryl methyl sites for hydroxylation is 2. The molecule has 1 aromatic heterocycles. The van der Waals surface area contributed by atoms with E-state index in [9.17, 15) is 4.39 Å². The molecule has 0 aliphatic carbocycles. The zero-order valence-corrected chi connectivity index (χ0v) is 12.0. The molecule has 1 heterocycles. The molecule has 5 heteroatoms. The van der Waals surface area contributed by atoms with Crippen molar-refractivity contribution < 1.29 is 4.39 Å². The molecule has 0 saturated heterocycles. The summed E-state index contributed by atoms with van der Waals surface area (Å²) in [7, 11) is 0. The van der Waals surface area contributed by atoms with Crippen LogP contribution in [0.25, 0.3) is 0 Å². The fourth-order valence-corrected chi connectivity index (χ4v) is 2.11. The molecular weight excluding hydrogens is 297 g/mol. The first-order valence-electron chi connectivity index (χ1n) is 6.00. The molecule has 3 nitrogen and oxygen atoms in total. The Morgan fingerprint density at radius 1 is 1.28 bits per heavy atom. The molecule has 0 atom stereocenters. The summed E-state index contributed by atoms with van der Waals surface area (Å²) < 4.78 is 16.3. The molecule has 0 bridgehead atoms. The number of aromatic nitrogens is 3. The van der Waals surface area contributed by atoms with Gasteiger partial charge in [0.25, 0.3) is 0 Å². The molecular formula is C13H15BrFN3. The third-order valence-electron chi connectivity index (χ3n) is 2.76. The molecule has 0 amide bonds. The van der Waals surface area contributed by atoms with Crippen molar-refractivity contribution in [2.75, 3.05) is 0 Å². The Morgan fingerprint density at radius 3 is 2.67 bits per heavy atom. The SMILES string of the molecule is CCc1nc(CC)n(Cc2ccc(Br)cc2F)n1. The van der Waals surface area contributed by atoms with Crippen LogP contribution in [0.15, 0.2) is 22.7 Å². The van der Waals surface area contributed by atoms with Crippen LogP contribution in [0, 0.1) is 5.82 Å². The molecule has 0 radical (unpaired) electrons. The van der Waals surface area contributed by atoms with Crippen molar-refractivity contribution in [1.29, 1.82) is 0 Å². The van der Waals surface area contributed by atoms with E-state index in [1.807, 2.05) is 19.9 Å². The van der Waals surface area contributed by atoms with Gasteiger partial charge in [-0.2, -0.15) is 5.10 Å². The van der Waals surface area contributed by atoms with Gasteiger partial charge in [-0.3, -0.25) is 0 Å². The zero-order valence-electron chi connectivity index (χ0n) is 10.5. The second kappa shape index (κ2) is 5.61. The largest absolute Gasteiger partial charge is 0.245 e. The van der Waals surface area contributed by atoms with Crippen molar-refractivity contribution in [3.8, 4) is 0 Å². The van der Waals surface area contributed by atoms with Crippen LogP contribution in [0.3, 0.4) is 0 Å². The van der Waals surface area contributed by atoms with Gasteiger partial charge in [-0.15, -0.1) is 0 Å². The van der Waals surface area contributed by atoms with Crippen LogP contribution in [0.1, 0.15) is 31.1 Å². The van der Waals surface area contributed by atoms with Gasteiger partial charge >= 0.3 is 0 Å². The number of hydrogen-bond acceptors (Lipinski definition) is 2. The average Bonchev–Trinajstić information content (AvgIpc) is 2.75. The Hall–Kier alpha value is -1.23. The van der Waals surface area contributed by atoms with Gasteiger partial charge in [0.05, 0.1) is 6.54 Å². The van der Waals surface area contributed by atoms with Crippen molar-refractivity contribution in [1.82, 2.24) is 14.8 Å². The second-order valence-electron chi connectivity index (χ2n) is 4.04. The van der Waals surface area contributed by atoms with Gasteiger partial charge in [0.15, 0.2) is 5.82 Å².